The lowest BCUT2D eigenvalue weighted by molar-refractivity contribution is 0.101. The number of benzene rings is 1. The minimum Gasteiger partial charge on any atom is -0.497 e. The van der Waals surface area contributed by atoms with Crippen molar-refractivity contribution in [1.29, 1.82) is 0 Å². The molecule has 0 saturated carbocycles. The molecule has 1 aromatic carbocycles. The standard InChI is InChI=1S/C11H10ClNO2/c1-6(14)11-10(12)8-5-7(15-2)3-4-9(8)13-11/h3-5,13H,1-2H3. The van der Waals surface area contributed by atoms with E-state index < -0.39 is 0 Å². The molecule has 1 N–H and O–H groups in total. The van der Waals surface area contributed by atoms with Crippen molar-refractivity contribution in [2.75, 3.05) is 7.11 Å². The van der Waals surface area contributed by atoms with Gasteiger partial charge >= 0.3 is 0 Å². The Morgan fingerprint density at radius 3 is 2.80 bits per heavy atom. The number of hydrogen-bond acceptors (Lipinski definition) is 2. The fourth-order valence-corrected chi connectivity index (χ4v) is 1.84. The SMILES string of the molecule is COc1ccc2[nH]c(C(C)=O)c(Cl)c2c1. The van der Waals surface area contributed by atoms with E-state index in [4.69, 9.17) is 16.3 Å². The monoisotopic (exact) mass is 223 g/mol. The first kappa shape index (κ1) is 10.1. The van der Waals surface area contributed by atoms with Gasteiger partial charge in [-0.2, -0.15) is 0 Å². The van der Waals surface area contributed by atoms with Crippen LogP contribution in [-0.2, 0) is 0 Å². The summed E-state index contributed by atoms with van der Waals surface area (Å²) in [7, 11) is 1.59. The minimum absolute atomic E-state index is 0.0739. The van der Waals surface area contributed by atoms with Gasteiger partial charge in [0.05, 0.1) is 12.1 Å². The number of H-pyrrole nitrogens is 1. The van der Waals surface area contributed by atoms with E-state index in [9.17, 15) is 4.79 Å². The Hall–Kier alpha value is -1.48. The van der Waals surface area contributed by atoms with E-state index in [2.05, 4.69) is 4.98 Å². The Morgan fingerprint density at radius 1 is 1.47 bits per heavy atom. The van der Waals surface area contributed by atoms with Crippen LogP contribution in [0.4, 0.5) is 0 Å². The second-order valence-corrected chi connectivity index (χ2v) is 3.66. The number of methoxy groups -OCH3 is 1. The Kier molecular flexibility index (Phi) is 2.40. The van der Waals surface area contributed by atoms with Crippen LogP contribution in [0.25, 0.3) is 10.9 Å². The number of ether oxygens (including phenoxy) is 1. The first-order valence-corrected chi connectivity index (χ1v) is 4.87. The van der Waals surface area contributed by atoms with Gasteiger partial charge in [0.1, 0.15) is 11.4 Å². The number of nitrogens with one attached hydrogen (secondary N) is 1. The van der Waals surface area contributed by atoms with E-state index in [0.29, 0.717) is 10.7 Å². The largest absolute Gasteiger partial charge is 0.497 e. The molecule has 0 saturated heterocycles. The Labute approximate surface area is 92.0 Å². The highest BCUT2D eigenvalue weighted by molar-refractivity contribution is 6.38. The molecule has 2 aromatic rings. The van der Waals surface area contributed by atoms with Gasteiger partial charge in [-0.15, -0.1) is 0 Å². The van der Waals surface area contributed by atoms with Crippen molar-refractivity contribution in [3.8, 4) is 5.75 Å². The van der Waals surface area contributed by atoms with Crippen LogP contribution in [0.2, 0.25) is 5.02 Å². The Morgan fingerprint density at radius 2 is 2.20 bits per heavy atom. The smallest absolute Gasteiger partial charge is 0.177 e. The summed E-state index contributed by atoms with van der Waals surface area (Å²) in [6.45, 7) is 1.48. The number of ketones is 1. The van der Waals surface area contributed by atoms with Crippen LogP contribution < -0.4 is 4.74 Å². The molecule has 0 spiro atoms. The maximum Gasteiger partial charge on any atom is 0.177 e. The third kappa shape index (κ3) is 1.59. The molecule has 0 aliphatic heterocycles. The number of hydrogen-bond donors (Lipinski definition) is 1. The zero-order chi connectivity index (χ0) is 11.0. The fraction of sp³-hybridized carbons (Fsp3) is 0.182. The highest BCUT2D eigenvalue weighted by atomic mass is 35.5. The van der Waals surface area contributed by atoms with Gasteiger partial charge in [0.25, 0.3) is 0 Å². The number of fused-ring (bicyclic) bond motifs is 1. The highest BCUT2D eigenvalue weighted by Crippen LogP contribution is 2.30. The van der Waals surface area contributed by atoms with Gasteiger partial charge in [-0.1, -0.05) is 11.6 Å². The quantitative estimate of drug-likeness (QED) is 0.796. The fourth-order valence-electron chi connectivity index (χ4n) is 1.51. The molecule has 0 fully saturated rings. The van der Waals surface area contributed by atoms with E-state index in [1.54, 1.807) is 13.2 Å². The lowest BCUT2D eigenvalue weighted by atomic mass is 10.2. The molecule has 2 rings (SSSR count). The van der Waals surface area contributed by atoms with Crippen molar-refractivity contribution in [2.45, 2.75) is 6.92 Å². The van der Waals surface area contributed by atoms with Gasteiger partial charge in [0, 0.05) is 17.8 Å². The van der Waals surface area contributed by atoms with Crippen LogP contribution in [-0.4, -0.2) is 17.9 Å². The molecule has 1 aromatic heterocycles. The summed E-state index contributed by atoms with van der Waals surface area (Å²) in [5.41, 5.74) is 1.28. The minimum atomic E-state index is -0.0739. The van der Waals surface area contributed by atoms with Gasteiger partial charge < -0.3 is 9.72 Å². The molecule has 4 heteroatoms. The van der Waals surface area contributed by atoms with Crippen LogP contribution in [0.1, 0.15) is 17.4 Å². The zero-order valence-electron chi connectivity index (χ0n) is 8.43. The lowest BCUT2D eigenvalue weighted by Crippen LogP contribution is -1.91. The molecule has 15 heavy (non-hydrogen) atoms. The summed E-state index contributed by atoms with van der Waals surface area (Å²) in [6.07, 6.45) is 0. The molecule has 0 amide bonds. The molecule has 78 valence electrons. The Balaban J connectivity index is 2.72. The summed E-state index contributed by atoms with van der Waals surface area (Å²) < 4.78 is 5.09. The second kappa shape index (κ2) is 3.59. The molecule has 0 atom stereocenters. The van der Waals surface area contributed by atoms with Gasteiger partial charge in [0.2, 0.25) is 0 Å². The van der Waals surface area contributed by atoms with Crippen molar-refractivity contribution < 1.29 is 9.53 Å². The van der Waals surface area contributed by atoms with Crippen molar-refractivity contribution in [1.82, 2.24) is 4.98 Å². The predicted octanol–water partition coefficient (Wildman–Crippen LogP) is 3.03. The number of aromatic amines is 1. The van der Waals surface area contributed by atoms with Gasteiger partial charge in [-0.3, -0.25) is 4.79 Å². The maximum absolute atomic E-state index is 11.2. The summed E-state index contributed by atoms with van der Waals surface area (Å²) >= 11 is 6.07. The number of rotatable bonds is 2. The normalized spacial score (nSPS) is 10.6. The molecule has 0 unspecified atom stereocenters. The van der Waals surface area contributed by atoms with Crippen molar-refractivity contribution >= 4 is 28.3 Å². The summed E-state index contributed by atoms with van der Waals surface area (Å²) in [5.74, 6) is 0.647. The molecule has 0 bridgehead atoms. The highest BCUT2D eigenvalue weighted by Gasteiger charge is 2.13. The van der Waals surface area contributed by atoms with Gasteiger partial charge in [-0.05, 0) is 18.2 Å². The summed E-state index contributed by atoms with van der Waals surface area (Å²) in [6, 6.07) is 5.46. The van der Waals surface area contributed by atoms with Crippen LogP contribution >= 0.6 is 11.6 Å². The third-order valence-corrected chi connectivity index (χ3v) is 2.69. The number of Topliss-reactive ketones (excluding diaryl/α,β-unsaturated/α-hetero) is 1. The van der Waals surface area contributed by atoms with Crippen LogP contribution in [0.5, 0.6) is 5.75 Å². The van der Waals surface area contributed by atoms with E-state index >= 15 is 0 Å². The molecular formula is C11H10ClNO2. The molecule has 0 aliphatic rings. The second-order valence-electron chi connectivity index (χ2n) is 3.28. The number of carbonyl (C=O) groups is 1. The van der Waals surface area contributed by atoms with Crippen molar-refractivity contribution in [3.63, 3.8) is 0 Å². The number of aromatic nitrogens is 1. The van der Waals surface area contributed by atoms with Crippen molar-refractivity contribution in [2.24, 2.45) is 0 Å². The predicted molar refractivity (Wildman–Crippen MR) is 59.9 cm³/mol. The average molecular weight is 224 g/mol. The molecule has 0 aliphatic carbocycles. The molecule has 3 nitrogen and oxygen atoms in total. The number of halogens is 1. The van der Waals surface area contributed by atoms with E-state index in [1.165, 1.54) is 6.92 Å². The first-order valence-electron chi connectivity index (χ1n) is 4.49. The molecule has 0 radical (unpaired) electrons. The van der Waals surface area contributed by atoms with E-state index in [0.717, 1.165) is 16.7 Å². The van der Waals surface area contributed by atoms with Crippen molar-refractivity contribution in [3.05, 3.63) is 28.9 Å². The zero-order valence-corrected chi connectivity index (χ0v) is 9.18. The topological polar surface area (TPSA) is 42.1 Å². The van der Waals surface area contributed by atoms with E-state index in [-0.39, 0.29) is 5.78 Å². The van der Waals surface area contributed by atoms with Crippen LogP contribution in [0.3, 0.4) is 0 Å². The van der Waals surface area contributed by atoms with Gasteiger partial charge in [-0.25, -0.2) is 0 Å². The van der Waals surface area contributed by atoms with E-state index in [1.807, 2.05) is 12.1 Å². The number of carbonyl (C=O) groups excluding carboxylic acids is 1. The maximum atomic E-state index is 11.2. The summed E-state index contributed by atoms with van der Waals surface area (Å²) in [4.78, 5) is 14.2. The average Bonchev–Trinajstić information content (AvgIpc) is 2.56. The Bertz CT molecular complexity index is 531. The van der Waals surface area contributed by atoms with Crippen LogP contribution in [0.15, 0.2) is 18.2 Å². The van der Waals surface area contributed by atoms with Gasteiger partial charge in [0.15, 0.2) is 5.78 Å². The molecular weight excluding hydrogens is 214 g/mol. The van der Waals surface area contributed by atoms with Crippen LogP contribution in [0, 0.1) is 0 Å². The lowest BCUT2D eigenvalue weighted by Gasteiger charge is -1.98. The summed E-state index contributed by atoms with van der Waals surface area (Å²) in [5, 5.41) is 1.26. The third-order valence-electron chi connectivity index (χ3n) is 2.29. The first-order chi connectivity index (χ1) is 7.13. The molecule has 1 heterocycles.